The van der Waals surface area contributed by atoms with Crippen LogP contribution in [0.5, 0.6) is 0 Å². The molecule has 0 saturated carbocycles. The lowest BCUT2D eigenvalue weighted by Crippen LogP contribution is -2.52. The third-order valence-corrected chi connectivity index (χ3v) is 8.87. The second-order valence-electron chi connectivity index (χ2n) is 11.2. The average Bonchev–Trinajstić information content (AvgIpc) is 2.95. The summed E-state index contributed by atoms with van der Waals surface area (Å²) in [6.07, 6.45) is 2.75. The Hall–Kier alpha value is -3.65. The minimum Gasteiger partial charge on any atom is -0.352 e. The van der Waals surface area contributed by atoms with Gasteiger partial charge in [-0.25, -0.2) is 8.42 Å². The average molecular weight is 592 g/mol. The van der Waals surface area contributed by atoms with Crippen LogP contribution in [0.25, 0.3) is 0 Å². The van der Waals surface area contributed by atoms with Crippen LogP contribution < -0.4 is 9.62 Å². The van der Waals surface area contributed by atoms with Crippen LogP contribution in [0.2, 0.25) is 0 Å². The van der Waals surface area contributed by atoms with Gasteiger partial charge in [0.1, 0.15) is 6.04 Å². The molecule has 0 fully saturated rings. The first-order valence-corrected chi connectivity index (χ1v) is 16.5. The molecule has 2 atom stereocenters. The number of hydrogen-bond acceptors (Lipinski definition) is 4. The Balaban J connectivity index is 1.89. The highest BCUT2D eigenvalue weighted by Crippen LogP contribution is 2.23. The molecule has 0 saturated heterocycles. The highest BCUT2D eigenvalue weighted by molar-refractivity contribution is 7.92. The molecule has 0 unspecified atom stereocenters. The Morgan fingerprint density at radius 3 is 2.14 bits per heavy atom. The van der Waals surface area contributed by atoms with Gasteiger partial charge in [-0.1, -0.05) is 73.2 Å². The number of carbonyl (C=O) groups excluding carboxylic acids is 2. The van der Waals surface area contributed by atoms with Gasteiger partial charge in [0, 0.05) is 32.0 Å². The third-order valence-electron chi connectivity index (χ3n) is 7.68. The first-order valence-electron chi connectivity index (χ1n) is 14.6. The molecule has 0 bridgehead atoms. The van der Waals surface area contributed by atoms with Gasteiger partial charge in [-0.05, 0) is 74.9 Å². The quantitative estimate of drug-likeness (QED) is 0.260. The number of aryl methyl sites for hydroxylation is 3. The molecule has 226 valence electrons. The summed E-state index contributed by atoms with van der Waals surface area (Å²) in [5.74, 6) is -0.383. The van der Waals surface area contributed by atoms with Gasteiger partial charge >= 0.3 is 0 Å². The van der Waals surface area contributed by atoms with Gasteiger partial charge in [0.2, 0.25) is 21.8 Å². The van der Waals surface area contributed by atoms with Crippen LogP contribution in [0, 0.1) is 20.8 Å². The van der Waals surface area contributed by atoms with E-state index in [-0.39, 0.29) is 37.4 Å². The molecule has 8 heteroatoms. The van der Waals surface area contributed by atoms with Crippen LogP contribution in [-0.4, -0.2) is 50.0 Å². The zero-order valence-electron chi connectivity index (χ0n) is 25.8. The Labute approximate surface area is 252 Å². The largest absolute Gasteiger partial charge is 0.352 e. The smallest absolute Gasteiger partial charge is 0.243 e. The predicted octanol–water partition coefficient (Wildman–Crippen LogP) is 5.71. The normalized spacial score (nSPS) is 12.8. The summed E-state index contributed by atoms with van der Waals surface area (Å²) in [6, 6.07) is 22.5. The van der Waals surface area contributed by atoms with Gasteiger partial charge in [-0.3, -0.25) is 13.9 Å². The highest BCUT2D eigenvalue weighted by Gasteiger charge is 2.31. The summed E-state index contributed by atoms with van der Waals surface area (Å²) in [5.41, 5.74) is 5.66. The lowest BCUT2D eigenvalue weighted by molar-refractivity contribution is -0.141. The molecular formula is C34H45N3O4S. The van der Waals surface area contributed by atoms with Crippen LogP contribution in [-0.2, 0) is 32.6 Å². The molecule has 0 heterocycles. The number of sulfonamides is 1. The van der Waals surface area contributed by atoms with E-state index in [1.807, 2.05) is 101 Å². The Morgan fingerprint density at radius 1 is 0.881 bits per heavy atom. The molecule has 0 aromatic heterocycles. The zero-order chi connectivity index (χ0) is 30.9. The van der Waals surface area contributed by atoms with Gasteiger partial charge in [-0.15, -0.1) is 0 Å². The van der Waals surface area contributed by atoms with Crippen molar-refractivity contribution in [1.29, 1.82) is 0 Å². The molecule has 3 aromatic carbocycles. The Bertz CT molecular complexity index is 1440. The summed E-state index contributed by atoms with van der Waals surface area (Å²) in [4.78, 5) is 29.3. The molecule has 7 nitrogen and oxygen atoms in total. The van der Waals surface area contributed by atoms with Crippen molar-refractivity contribution < 1.29 is 18.0 Å². The number of hydrogen-bond donors (Lipinski definition) is 1. The van der Waals surface area contributed by atoms with Crippen molar-refractivity contribution >= 4 is 27.5 Å². The van der Waals surface area contributed by atoms with Crippen molar-refractivity contribution in [3.8, 4) is 0 Å². The van der Waals surface area contributed by atoms with E-state index in [9.17, 15) is 18.0 Å². The molecule has 0 radical (unpaired) electrons. The van der Waals surface area contributed by atoms with E-state index in [0.29, 0.717) is 18.5 Å². The second-order valence-corrected chi connectivity index (χ2v) is 13.1. The molecule has 42 heavy (non-hydrogen) atoms. The maximum atomic E-state index is 14.0. The number of amides is 2. The topological polar surface area (TPSA) is 86.8 Å². The summed E-state index contributed by atoms with van der Waals surface area (Å²) in [7, 11) is -3.56. The molecule has 0 aliphatic carbocycles. The van der Waals surface area contributed by atoms with Crippen molar-refractivity contribution in [1.82, 2.24) is 10.2 Å². The van der Waals surface area contributed by atoms with E-state index in [1.54, 1.807) is 11.0 Å². The van der Waals surface area contributed by atoms with E-state index in [0.717, 1.165) is 34.2 Å². The minimum absolute atomic E-state index is 0.0339. The standard InChI is InChI=1S/C34H45N3O4S/c1-7-28(5)35-34(39)32(23-29-12-9-8-10-13-29)36(24-30-18-15-25(2)16-19-30)33(38)14-11-21-37(42(6,40)41)31-20-17-26(3)27(4)22-31/h8-10,12-13,15-20,22,28,32H,7,11,14,21,23-24H2,1-6H3,(H,35,39)/t28-,32+/m1/s1. The molecule has 1 N–H and O–H groups in total. The minimum atomic E-state index is -3.56. The second kappa shape index (κ2) is 15.0. The molecule has 0 spiro atoms. The number of nitrogens with zero attached hydrogens (tertiary/aromatic N) is 2. The third kappa shape index (κ3) is 9.44. The van der Waals surface area contributed by atoms with Crippen molar-refractivity contribution in [3.05, 3.63) is 101 Å². The predicted molar refractivity (Wildman–Crippen MR) is 171 cm³/mol. The van der Waals surface area contributed by atoms with E-state index >= 15 is 0 Å². The van der Waals surface area contributed by atoms with Crippen LogP contribution in [0.15, 0.2) is 72.8 Å². The summed E-state index contributed by atoms with van der Waals surface area (Å²) in [5, 5.41) is 3.09. The van der Waals surface area contributed by atoms with Crippen LogP contribution in [0.3, 0.4) is 0 Å². The van der Waals surface area contributed by atoms with E-state index in [4.69, 9.17) is 0 Å². The number of anilines is 1. The van der Waals surface area contributed by atoms with Gasteiger partial charge in [0.25, 0.3) is 0 Å². The number of benzene rings is 3. The maximum absolute atomic E-state index is 14.0. The van der Waals surface area contributed by atoms with E-state index < -0.39 is 16.1 Å². The first kappa shape index (κ1) is 32.9. The Morgan fingerprint density at radius 2 is 1.55 bits per heavy atom. The fraction of sp³-hybridized carbons (Fsp3) is 0.412. The van der Waals surface area contributed by atoms with Crippen LogP contribution in [0.4, 0.5) is 5.69 Å². The van der Waals surface area contributed by atoms with Crippen LogP contribution in [0.1, 0.15) is 60.9 Å². The van der Waals surface area contributed by atoms with Gasteiger partial charge < -0.3 is 10.2 Å². The Kier molecular flexibility index (Phi) is 11.7. The highest BCUT2D eigenvalue weighted by atomic mass is 32.2. The molecule has 3 rings (SSSR count). The summed E-state index contributed by atoms with van der Waals surface area (Å²) in [6.45, 7) is 10.3. The van der Waals surface area contributed by atoms with Crippen LogP contribution >= 0.6 is 0 Å². The molecule has 0 aliphatic rings. The fourth-order valence-corrected chi connectivity index (χ4v) is 5.73. The zero-order valence-corrected chi connectivity index (χ0v) is 26.6. The SMILES string of the molecule is CC[C@@H](C)NC(=O)[C@H](Cc1ccccc1)N(Cc1ccc(C)cc1)C(=O)CCCN(c1ccc(C)c(C)c1)S(C)(=O)=O. The van der Waals surface area contributed by atoms with Crippen molar-refractivity contribution in [2.75, 3.05) is 17.1 Å². The molecule has 0 aliphatic heterocycles. The number of rotatable bonds is 14. The number of carbonyl (C=O) groups is 2. The lowest BCUT2D eigenvalue weighted by atomic mass is 10.0. The monoisotopic (exact) mass is 591 g/mol. The summed E-state index contributed by atoms with van der Waals surface area (Å²) >= 11 is 0. The van der Waals surface area contributed by atoms with E-state index in [1.165, 1.54) is 10.6 Å². The number of nitrogens with one attached hydrogen (secondary N) is 1. The van der Waals surface area contributed by atoms with Gasteiger partial charge in [-0.2, -0.15) is 0 Å². The van der Waals surface area contributed by atoms with Crippen molar-refractivity contribution in [2.45, 2.75) is 78.9 Å². The summed E-state index contributed by atoms with van der Waals surface area (Å²) < 4.78 is 26.8. The van der Waals surface area contributed by atoms with Gasteiger partial charge in [0.15, 0.2) is 0 Å². The van der Waals surface area contributed by atoms with E-state index in [2.05, 4.69) is 5.32 Å². The molecular weight excluding hydrogens is 546 g/mol. The van der Waals surface area contributed by atoms with Crippen molar-refractivity contribution in [3.63, 3.8) is 0 Å². The van der Waals surface area contributed by atoms with Gasteiger partial charge in [0.05, 0.1) is 11.9 Å². The maximum Gasteiger partial charge on any atom is 0.243 e. The molecule has 2 amide bonds. The fourth-order valence-electron chi connectivity index (χ4n) is 4.77. The lowest BCUT2D eigenvalue weighted by Gasteiger charge is -2.33. The molecule has 3 aromatic rings. The van der Waals surface area contributed by atoms with Crippen molar-refractivity contribution in [2.24, 2.45) is 0 Å². The first-order chi connectivity index (χ1) is 19.9.